The Morgan fingerprint density at radius 2 is 1.40 bits per heavy atom. The molecule has 0 bridgehead atoms. The Kier molecular flexibility index (Phi) is 11.5. The van der Waals surface area contributed by atoms with Gasteiger partial charge in [0, 0.05) is 11.8 Å². The molecule has 0 atom stereocenters. The average molecular weight is 410 g/mol. The zero-order valence-corrected chi connectivity index (χ0v) is 18.3. The van der Waals surface area contributed by atoms with Crippen LogP contribution in [0.25, 0.3) is 0 Å². The summed E-state index contributed by atoms with van der Waals surface area (Å²) >= 11 is 0. The van der Waals surface area contributed by atoms with Gasteiger partial charge >= 0.3 is 0 Å². The number of hydrogen-bond acceptors (Lipinski definition) is 4. The molecule has 2 aromatic rings. The molecule has 1 aromatic carbocycles. The Hall–Kier alpha value is -2.49. The van der Waals surface area contributed by atoms with Crippen LogP contribution in [-0.2, 0) is 0 Å². The number of nitrogens with zero attached hydrogens (tertiary/aromatic N) is 1. The van der Waals surface area contributed by atoms with E-state index in [-0.39, 0.29) is 18.0 Å². The van der Waals surface area contributed by atoms with Crippen LogP contribution in [-0.4, -0.2) is 23.2 Å². The van der Waals surface area contributed by atoms with Crippen LogP contribution >= 0.6 is 0 Å². The predicted molar refractivity (Wildman–Crippen MR) is 121 cm³/mol. The zero-order valence-electron chi connectivity index (χ0n) is 18.3. The molecule has 0 fully saturated rings. The number of aromatic nitrogens is 1. The fraction of sp³-hybridized carbons (Fsp3) is 0.500. The summed E-state index contributed by atoms with van der Waals surface area (Å²) in [6.07, 6.45) is 14.4. The van der Waals surface area contributed by atoms with E-state index >= 15 is 0 Å². The van der Waals surface area contributed by atoms with Crippen LogP contribution in [0.4, 0.5) is 0 Å². The first-order chi connectivity index (χ1) is 14.7. The van der Waals surface area contributed by atoms with Crippen LogP contribution in [0.2, 0.25) is 0 Å². The third kappa shape index (κ3) is 9.34. The molecule has 0 spiro atoms. The van der Waals surface area contributed by atoms with Gasteiger partial charge in [0.15, 0.2) is 11.6 Å². The summed E-state index contributed by atoms with van der Waals surface area (Å²) in [7, 11) is 0. The lowest BCUT2D eigenvalue weighted by Crippen LogP contribution is -2.10. The lowest BCUT2D eigenvalue weighted by Gasteiger charge is -2.07. The molecule has 30 heavy (non-hydrogen) atoms. The second-order valence-corrected chi connectivity index (χ2v) is 7.79. The molecule has 0 aliphatic carbocycles. The lowest BCUT2D eigenvalue weighted by atomic mass is 10.0. The quantitative estimate of drug-likeness (QED) is 0.173. The van der Waals surface area contributed by atoms with Gasteiger partial charge in [-0.05, 0) is 42.8 Å². The Labute approximate surface area is 181 Å². The molecule has 0 aliphatic rings. The predicted octanol–water partition coefficient (Wildman–Crippen LogP) is 6.84. The summed E-state index contributed by atoms with van der Waals surface area (Å²) in [5, 5.41) is 0. The van der Waals surface area contributed by atoms with E-state index in [1.54, 1.807) is 48.7 Å². The van der Waals surface area contributed by atoms with Crippen molar-refractivity contribution in [1.82, 2.24) is 4.98 Å². The molecule has 0 saturated heterocycles. The summed E-state index contributed by atoms with van der Waals surface area (Å²) in [5.74, 6) is 0.298. The van der Waals surface area contributed by atoms with Crippen LogP contribution in [0.3, 0.4) is 0 Å². The first-order valence-corrected chi connectivity index (χ1v) is 11.4. The van der Waals surface area contributed by atoms with Crippen molar-refractivity contribution in [2.24, 2.45) is 0 Å². The number of pyridine rings is 1. The number of carbonyl (C=O) groups is 2. The Bertz CT molecular complexity index is 741. The number of ketones is 2. The number of Topliss-reactive ketones (excluding diaryl/α,β-unsaturated/α-hetero) is 2. The molecular weight excluding hydrogens is 374 g/mol. The molecule has 4 nitrogen and oxygen atoms in total. The number of ether oxygens (including phenoxy) is 1. The van der Waals surface area contributed by atoms with E-state index in [0.29, 0.717) is 17.9 Å². The van der Waals surface area contributed by atoms with Crippen LogP contribution in [0.15, 0.2) is 48.7 Å². The number of unbranched alkanes of at least 4 members (excludes halogenated alkanes) is 9. The molecule has 0 radical (unpaired) electrons. The maximum atomic E-state index is 12.3. The van der Waals surface area contributed by atoms with Crippen LogP contribution < -0.4 is 4.74 Å². The highest BCUT2D eigenvalue weighted by Gasteiger charge is 2.14. The van der Waals surface area contributed by atoms with E-state index in [1.807, 2.05) is 0 Å². The van der Waals surface area contributed by atoms with E-state index in [9.17, 15) is 9.59 Å². The van der Waals surface area contributed by atoms with Gasteiger partial charge in [0.2, 0.25) is 0 Å². The summed E-state index contributed by atoms with van der Waals surface area (Å²) < 4.78 is 5.77. The number of hydrogen-bond donors (Lipinski definition) is 0. The van der Waals surface area contributed by atoms with E-state index in [1.165, 1.54) is 57.8 Å². The SMILES string of the molecule is CCCCCCCCCCCCOc1ccc(C(=O)CC(=O)c2ccccn2)cc1. The first-order valence-electron chi connectivity index (χ1n) is 11.4. The highest BCUT2D eigenvalue weighted by atomic mass is 16.5. The smallest absolute Gasteiger partial charge is 0.188 e. The number of carbonyl (C=O) groups excluding carboxylic acids is 2. The van der Waals surface area contributed by atoms with Gasteiger partial charge in [-0.15, -0.1) is 0 Å². The average Bonchev–Trinajstić information content (AvgIpc) is 2.78. The minimum atomic E-state index is -0.262. The van der Waals surface area contributed by atoms with Crippen LogP contribution in [0.5, 0.6) is 5.75 Å². The highest BCUT2D eigenvalue weighted by molar-refractivity contribution is 6.12. The van der Waals surface area contributed by atoms with E-state index in [4.69, 9.17) is 4.74 Å². The monoisotopic (exact) mass is 409 g/mol. The van der Waals surface area contributed by atoms with Crippen molar-refractivity contribution in [3.05, 3.63) is 59.9 Å². The summed E-state index contributed by atoms with van der Waals surface area (Å²) in [6.45, 7) is 2.95. The van der Waals surface area contributed by atoms with E-state index in [0.717, 1.165) is 12.2 Å². The summed E-state index contributed by atoms with van der Waals surface area (Å²) in [4.78, 5) is 28.4. The van der Waals surface area contributed by atoms with Gasteiger partial charge in [-0.3, -0.25) is 14.6 Å². The largest absolute Gasteiger partial charge is 0.494 e. The molecule has 0 amide bonds. The van der Waals surface area contributed by atoms with Crippen molar-refractivity contribution >= 4 is 11.6 Å². The van der Waals surface area contributed by atoms with E-state index < -0.39 is 0 Å². The fourth-order valence-corrected chi connectivity index (χ4v) is 3.38. The molecule has 0 aliphatic heterocycles. The standard InChI is InChI=1S/C26H35NO3/c1-2-3-4-5-6-7-8-9-10-13-20-30-23-17-15-22(16-18-23)25(28)21-26(29)24-14-11-12-19-27-24/h11-12,14-19H,2-10,13,20-21H2,1H3. The van der Waals surface area contributed by atoms with Gasteiger partial charge in [0.25, 0.3) is 0 Å². The zero-order chi connectivity index (χ0) is 21.4. The third-order valence-corrected chi connectivity index (χ3v) is 5.21. The maximum Gasteiger partial charge on any atom is 0.188 e. The van der Waals surface area contributed by atoms with Gasteiger partial charge in [-0.2, -0.15) is 0 Å². The van der Waals surface area contributed by atoms with Crippen molar-refractivity contribution in [2.45, 2.75) is 77.6 Å². The second kappa shape index (κ2) is 14.5. The Balaban J connectivity index is 1.58. The molecule has 1 heterocycles. The highest BCUT2D eigenvalue weighted by Crippen LogP contribution is 2.16. The van der Waals surface area contributed by atoms with Crippen LogP contribution in [0.1, 0.15) is 98.4 Å². The van der Waals surface area contributed by atoms with Gasteiger partial charge in [-0.25, -0.2) is 0 Å². The van der Waals surface area contributed by atoms with Crippen molar-refractivity contribution in [3.8, 4) is 5.75 Å². The van der Waals surface area contributed by atoms with Gasteiger partial charge in [0.1, 0.15) is 11.4 Å². The summed E-state index contributed by atoms with van der Waals surface area (Å²) in [6, 6.07) is 12.2. The van der Waals surface area contributed by atoms with Crippen molar-refractivity contribution in [1.29, 1.82) is 0 Å². The Morgan fingerprint density at radius 1 is 0.767 bits per heavy atom. The molecule has 162 valence electrons. The molecule has 0 unspecified atom stereocenters. The van der Waals surface area contributed by atoms with Crippen molar-refractivity contribution < 1.29 is 14.3 Å². The van der Waals surface area contributed by atoms with Crippen molar-refractivity contribution in [3.63, 3.8) is 0 Å². The lowest BCUT2D eigenvalue weighted by molar-refractivity contribution is 0.0891. The molecule has 1 aromatic heterocycles. The molecular formula is C26H35NO3. The number of rotatable bonds is 16. The topological polar surface area (TPSA) is 56.3 Å². The van der Waals surface area contributed by atoms with Gasteiger partial charge in [-0.1, -0.05) is 70.8 Å². The summed E-state index contributed by atoms with van der Waals surface area (Å²) in [5.41, 5.74) is 0.841. The number of benzene rings is 1. The normalized spacial score (nSPS) is 10.7. The fourth-order valence-electron chi connectivity index (χ4n) is 3.38. The van der Waals surface area contributed by atoms with Gasteiger partial charge < -0.3 is 4.74 Å². The van der Waals surface area contributed by atoms with Crippen LogP contribution in [0, 0.1) is 0 Å². The van der Waals surface area contributed by atoms with Gasteiger partial charge in [0.05, 0.1) is 13.0 Å². The second-order valence-electron chi connectivity index (χ2n) is 7.79. The molecule has 4 heteroatoms. The molecule has 2 rings (SSSR count). The first kappa shape index (κ1) is 23.8. The molecule has 0 N–H and O–H groups in total. The minimum absolute atomic E-state index is 0.171. The molecule has 0 saturated carbocycles. The minimum Gasteiger partial charge on any atom is -0.494 e. The van der Waals surface area contributed by atoms with E-state index in [2.05, 4.69) is 11.9 Å². The van der Waals surface area contributed by atoms with Crippen molar-refractivity contribution in [2.75, 3.05) is 6.61 Å². The maximum absolute atomic E-state index is 12.3. The Morgan fingerprint density at radius 3 is 2.00 bits per heavy atom. The third-order valence-electron chi connectivity index (χ3n) is 5.21.